The van der Waals surface area contributed by atoms with E-state index >= 15 is 0 Å². The third kappa shape index (κ3) is 5.87. The number of aliphatic carboxylic acids is 1. The highest BCUT2D eigenvalue weighted by atomic mass is 35.5. The van der Waals surface area contributed by atoms with Crippen LogP contribution in [0.4, 0.5) is 0 Å². The van der Waals surface area contributed by atoms with Gasteiger partial charge >= 0.3 is 5.97 Å². The van der Waals surface area contributed by atoms with Crippen LogP contribution in [0.2, 0.25) is 10.0 Å². The number of nitrogens with one attached hydrogen (secondary N) is 2. The third-order valence-corrected chi connectivity index (χ3v) is 5.60. The summed E-state index contributed by atoms with van der Waals surface area (Å²) in [5.41, 5.74) is 6.62. The molecule has 0 heterocycles. The van der Waals surface area contributed by atoms with Crippen LogP contribution >= 0.6 is 23.2 Å². The normalized spacial score (nSPS) is 20.0. The summed E-state index contributed by atoms with van der Waals surface area (Å²) in [5, 5.41) is 10.2. The Hall–Kier alpha value is -2.25. The first-order chi connectivity index (χ1) is 13.6. The second kappa shape index (κ2) is 9.98. The maximum absolute atomic E-state index is 12.5. The van der Waals surface area contributed by atoms with E-state index in [1.807, 2.05) is 13.8 Å². The summed E-state index contributed by atoms with van der Waals surface area (Å²) >= 11 is 12.0. The SMILES string of the molecule is CC[C@@H](Oc1cc(Cl)ccc1Cl)C(=O)NNC(=O)[C@H]1CC(C)=C(C)C[C@@H]1C(=O)O. The first-order valence-corrected chi connectivity index (χ1v) is 9.99. The van der Waals surface area contributed by atoms with Crippen LogP contribution in [0.5, 0.6) is 5.75 Å². The molecule has 7 nitrogen and oxygen atoms in total. The molecule has 0 spiro atoms. The number of allylic oxidation sites excluding steroid dienone is 2. The highest BCUT2D eigenvalue weighted by Crippen LogP contribution is 2.34. The molecule has 1 aromatic rings. The number of carboxylic acids is 1. The summed E-state index contributed by atoms with van der Waals surface area (Å²) in [5.74, 6) is -3.51. The fraction of sp³-hybridized carbons (Fsp3) is 0.450. The van der Waals surface area contributed by atoms with Crippen LogP contribution in [-0.4, -0.2) is 29.0 Å². The molecule has 0 saturated carbocycles. The lowest BCUT2D eigenvalue weighted by Gasteiger charge is -2.29. The van der Waals surface area contributed by atoms with E-state index in [4.69, 9.17) is 27.9 Å². The van der Waals surface area contributed by atoms with E-state index < -0.39 is 35.7 Å². The molecule has 9 heteroatoms. The molecular formula is C20H24Cl2N2O5. The first kappa shape index (κ1) is 23.0. The maximum atomic E-state index is 12.5. The van der Waals surface area contributed by atoms with Crippen molar-refractivity contribution in [2.24, 2.45) is 11.8 Å². The van der Waals surface area contributed by atoms with Crippen LogP contribution in [0.15, 0.2) is 29.3 Å². The molecule has 2 rings (SSSR count). The summed E-state index contributed by atoms with van der Waals surface area (Å²) in [4.78, 5) is 36.5. The van der Waals surface area contributed by atoms with Crippen molar-refractivity contribution in [1.82, 2.24) is 10.9 Å². The van der Waals surface area contributed by atoms with Gasteiger partial charge < -0.3 is 9.84 Å². The molecule has 3 atom stereocenters. The zero-order chi connectivity index (χ0) is 21.7. The molecule has 3 N–H and O–H groups in total. The zero-order valence-corrected chi connectivity index (χ0v) is 17.9. The van der Waals surface area contributed by atoms with E-state index in [1.165, 1.54) is 6.07 Å². The van der Waals surface area contributed by atoms with Gasteiger partial charge in [0.1, 0.15) is 5.75 Å². The molecule has 0 radical (unpaired) electrons. The van der Waals surface area contributed by atoms with E-state index in [9.17, 15) is 19.5 Å². The molecule has 0 saturated heterocycles. The van der Waals surface area contributed by atoms with Crippen molar-refractivity contribution >= 4 is 41.0 Å². The second-order valence-electron chi connectivity index (χ2n) is 7.09. The molecule has 0 unspecified atom stereocenters. The van der Waals surface area contributed by atoms with E-state index in [1.54, 1.807) is 19.1 Å². The lowest BCUT2D eigenvalue weighted by Crippen LogP contribution is -2.51. The number of hydrazine groups is 1. The van der Waals surface area contributed by atoms with Crippen LogP contribution in [0, 0.1) is 11.8 Å². The molecule has 29 heavy (non-hydrogen) atoms. The smallest absolute Gasteiger partial charge is 0.307 e. The van der Waals surface area contributed by atoms with E-state index in [-0.39, 0.29) is 5.75 Å². The van der Waals surface area contributed by atoms with Crippen LogP contribution < -0.4 is 15.6 Å². The van der Waals surface area contributed by atoms with Crippen LogP contribution in [0.3, 0.4) is 0 Å². The number of carbonyl (C=O) groups excluding carboxylic acids is 2. The molecule has 0 fully saturated rings. The van der Waals surface area contributed by atoms with Crippen LogP contribution in [0.1, 0.15) is 40.0 Å². The number of amides is 2. The van der Waals surface area contributed by atoms with Crippen molar-refractivity contribution in [3.63, 3.8) is 0 Å². The lowest BCUT2D eigenvalue weighted by atomic mass is 9.76. The summed E-state index contributed by atoms with van der Waals surface area (Å²) in [6.07, 6.45) is 0.0290. The van der Waals surface area contributed by atoms with Crippen molar-refractivity contribution < 1.29 is 24.2 Å². The van der Waals surface area contributed by atoms with Gasteiger partial charge in [0.05, 0.1) is 16.9 Å². The molecule has 0 aliphatic heterocycles. The second-order valence-corrected chi connectivity index (χ2v) is 7.93. The Morgan fingerprint density at radius 1 is 1.14 bits per heavy atom. The van der Waals surface area contributed by atoms with Crippen molar-refractivity contribution in [3.05, 3.63) is 39.4 Å². The summed E-state index contributed by atoms with van der Waals surface area (Å²) < 4.78 is 5.62. The number of ether oxygens (including phenoxy) is 1. The minimum Gasteiger partial charge on any atom is -0.481 e. The van der Waals surface area contributed by atoms with Gasteiger partial charge in [-0.2, -0.15) is 0 Å². The lowest BCUT2D eigenvalue weighted by molar-refractivity contribution is -0.148. The number of carbonyl (C=O) groups is 3. The highest BCUT2D eigenvalue weighted by molar-refractivity contribution is 6.34. The molecule has 1 aromatic carbocycles. The van der Waals surface area contributed by atoms with Gasteiger partial charge in [0.2, 0.25) is 5.91 Å². The Balaban J connectivity index is 2.01. The standard InChI is InChI=1S/C20H24Cl2N2O5/c1-4-16(29-17-9-12(21)5-6-15(17)22)19(26)24-23-18(25)13-7-10(2)11(3)8-14(13)20(27)28/h5-6,9,13-14,16H,4,7-8H2,1-3H3,(H,23,25)(H,24,26)(H,27,28)/t13-,14-,16+/m0/s1. The highest BCUT2D eigenvalue weighted by Gasteiger charge is 2.37. The van der Waals surface area contributed by atoms with Crippen molar-refractivity contribution in [3.8, 4) is 5.75 Å². The van der Waals surface area contributed by atoms with Crippen molar-refractivity contribution in [2.75, 3.05) is 0 Å². The van der Waals surface area contributed by atoms with E-state index in [2.05, 4.69) is 10.9 Å². The number of carboxylic acid groups (broad SMARTS) is 1. The van der Waals surface area contributed by atoms with Crippen molar-refractivity contribution in [2.45, 2.75) is 46.1 Å². The first-order valence-electron chi connectivity index (χ1n) is 9.23. The maximum Gasteiger partial charge on any atom is 0.307 e. The van der Waals surface area contributed by atoms with Gasteiger partial charge in [-0.05, 0) is 45.2 Å². The van der Waals surface area contributed by atoms with E-state index in [0.29, 0.717) is 29.3 Å². The predicted octanol–water partition coefficient (Wildman–Crippen LogP) is 3.75. The molecule has 0 bridgehead atoms. The van der Waals surface area contributed by atoms with Gasteiger partial charge in [-0.25, -0.2) is 0 Å². The van der Waals surface area contributed by atoms with Gasteiger partial charge in [-0.3, -0.25) is 25.2 Å². The van der Waals surface area contributed by atoms with Gasteiger partial charge in [0.25, 0.3) is 5.91 Å². The van der Waals surface area contributed by atoms with Crippen LogP contribution in [0.25, 0.3) is 0 Å². The topological polar surface area (TPSA) is 105 Å². The van der Waals surface area contributed by atoms with Gasteiger partial charge in [-0.1, -0.05) is 41.3 Å². The van der Waals surface area contributed by atoms with Gasteiger partial charge in [0.15, 0.2) is 6.10 Å². The average molecular weight is 443 g/mol. The third-order valence-electron chi connectivity index (χ3n) is 5.06. The number of benzene rings is 1. The summed E-state index contributed by atoms with van der Waals surface area (Å²) in [6, 6.07) is 4.65. The molecule has 158 valence electrons. The molecule has 1 aliphatic rings. The predicted molar refractivity (Wildman–Crippen MR) is 110 cm³/mol. The Kier molecular flexibility index (Phi) is 7.93. The minimum atomic E-state index is -1.03. The molecular weight excluding hydrogens is 419 g/mol. The van der Waals surface area contributed by atoms with Gasteiger partial charge in [-0.15, -0.1) is 0 Å². The largest absolute Gasteiger partial charge is 0.481 e. The Bertz CT molecular complexity index is 840. The van der Waals surface area contributed by atoms with E-state index in [0.717, 1.165) is 11.1 Å². The Morgan fingerprint density at radius 3 is 2.34 bits per heavy atom. The molecule has 2 amide bonds. The van der Waals surface area contributed by atoms with Crippen molar-refractivity contribution in [1.29, 1.82) is 0 Å². The number of hydrogen-bond acceptors (Lipinski definition) is 4. The number of hydrogen-bond donors (Lipinski definition) is 3. The van der Waals surface area contributed by atoms with Gasteiger partial charge in [0, 0.05) is 11.1 Å². The number of halogens is 2. The summed E-state index contributed by atoms with van der Waals surface area (Å²) in [7, 11) is 0. The molecule has 1 aliphatic carbocycles. The average Bonchev–Trinajstić information content (AvgIpc) is 2.67. The molecule has 0 aromatic heterocycles. The Morgan fingerprint density at radius 2 is 1.76 bits per heavy atom. The summed E-state index contributed by atoms with van der Waals surface area (Å²) in [6.45, 7) is 5.48. The zero-order valence-electron chi connectivity index (χ0n) is 16.4. The fourth-order valence-corrected chi connectivity index (χ4v) is 3.49. The minimum absolute atomic E-state index is 0.252. The van der Waals surface area contributed by atoms with Crippen LogP contribution in [-0.2, 0) is 14.4 Å². The Labute approximate surface area is 179 Å². The quantitative estimate of drug-likeness (QED) is 0.459. The fourth-order valence-electron chi connectivity index (χ4n) is 3.17. The number of rotatable bonds is 6. The monoisotopic (exact) mass is 442 g/mol.